The van der Waals surface area contributed by atoms with E-state index in [4.69, 9.17) is 9.84 Å². The molecule has 0 amide bonds. The quantitative estimate of drug-likeness (QED) is 0.415. The van der Waals surface area contributed by atoms with Gasteiger partial charge in [-0.25, -0.2) is 4.98 Å². The number of rotatable bonds is 9. The molecule has 0 bridgehead atoms. The average molecular weight is 317 g/mol. The molecule has 124 valence electrons. The van der Waals surface area contributed by atoms with Gasteiger partial charge in [0, 0.05) is 24.6 Å². The zero-order valence-corrected chi connectivity index (χ0v) is 13.3. The Morgan fingerprint density at radius 2 is 2.30 bits per heavy atom. The molecule has 0 aromatic carbocycles. The summed E-state index contributed by atoms with van der Waals surface area (Å²) in [6, 6.07) is 5.54. The topological polar surface area (TPSA) is 79.7 Å². The lowest BCUT2D eigenvalue weighted by molar-refractivity contribution is -0.137. The minimum Gasteiger partial charge on any atom is -0.481 e. The SMILES string of the molecule is O=C(O)CCC/C=C\C[C@H]1BC[C@@H](O)[C@@H]1COc1ccccn1. The Morgan fingerprint density at radius 1 is 1.43 bits per heavy atom. The van der Waals surface area contributed by atoms with E-state index >= 15 is 0 Å². The highest BCUT2D eigenvalue weighted by Crippen LogP contribution is 2.35. The van der Waals surface area contributed by atoms with Crippen LogP contribution in [-0.2, 0) is 4.79 Å². The van der Waals surface area contributed by atoms with Crippen molar-refractivity contribution in [1.29, 1.82) is 0 Å². The number of hydrogen-bond donors (Lipinski definition) is 2. The average Bonchev–Trinajstić information content (AvgIpc) is 2.89. The molecule has 0 spiro atoms. The van der Waals surface area contributed by atoms with Gasteiger partial charge in [0.1, 0.15) is 7.28 Å². The van der Waals surface area contributed by atoms with Crippen LogP contribution in [0.1, 0.15) is 25.7 Å². The Kier molecular flexibility index (Phi) is 7.13. The number of allylic oxidation sites excluding steroid dienone is 2. The minimum atomic E-state index is -0.746. The van der Waals surface area contributed by atoms with Crippen LogP contribution in [0.15, 0.2) is 36.5 Å². The lowest BCUT2D eigenvalue weighted by Crippen LogP contribution is -2.23. The van der Waals surface area contributed by atoms with Gasteiger partial charge in [-0.3, -0.25) is 4.79 Å². The van der Waals surface area contributed by atoms with Crippen LogP contribution < -0.4 is 4.74 Å². The summed E-state index contributed by atoms with van der Waals surface area (Å²) in [5, 5.41) is 18.7. The molecule has 1 aliphatic rings. The number of carboxylic acid groups (broad SMARTS) is 1. The molecule has 2 N–H and O–H groups in total. The van der Waals surface area contributed by atoms with Crippen molar-refractivity contribution in [3.63, 3.8) is 0 Å². The summed E-state index contributed by atoms with van der Waals surface area (Å²) < 4.78 is 5.70. The third-order valence-corrected chi connectivity index (χ3v) is 4.36. The van der Waals surface area contributed by atoms with Crippen LogP contribution in [-0.4, -0.2) is 41.2 Å². The molecule has 1 saturated heterocycles. The van der Waals surface area contributed by atoms with E-state index in [9.17, 15) is 9.90 Å². The smallest absolute Gasteiger partial charge is 0.303 e. The Labute approximate surface area is 137 Å². The van der Waals surface area contributed by atoms with Crippen LogP contribution in [0.25, 0.3) is 0 Å². The number of nitrogens with zero attached hydrogens (tertiary/aromatic N) is 1. The fraction of sp³-hybridized carbons (Fsp3) is 0.529. The highest BCUT2D eigenvalue weighted by molar-refractivity contribution is 6.39. The minimum absolute atomic E-state index is 0.126. The van der Waals surface area contributed by atoms with Gasteiger partial charge in [0.2, 0.25) is 5.88 Å². The van der Waals surface area contributed by atoms with E-state index in [1.54, 1.807) is 6.20 Å². The van der Waals surface area contributed by atoms with Gasteiger partial charge < -0.3 is 14.9 Å². The van der Waals surface area contributed by atoms with Crippen molar-refractivity contribution in [3.8, 4) is 5.88 Å². The van der Waals surface area contributed by atoms with E-state index in [0.717, 1.165) is 26.4 Å². The maximum atomic E-state index is 10.4. The third kappa shape index (κ3) is 6.06. The molecule has 3 atom stereocenters. The van der Waals surface area contributed by atoms with Crippen molar-refractivity contribution in [2.24, 2.45) is 5.92 Å². The Hall–Kier alpha value is -1.82. The first-order chi connectivity index (χ1) is 11.2. The highest BCUT2D eigenvalue weighted by atomic mass is 16.5. The lowest BCUT2D eigenvalue weighted by Gasteiger charge is -2.21. The van der Waals surface area contributed by atoms with Gasteiger partial charge in [-0.15, -0.1) is 0 Å². The Balaban J connectivity index is 1.74. The molecule has 0 aliphatic carbocycles. The maximum Gasteiger partial charge on any atom is 0.303 e. The summed E-state index contributed by atoms with van der Waals surface area (Å²) in [5.74, 6) is 0.378. The summed E-state index contributed by atoms with van der Waals surface area (Å²) in [7, 11) is 0.997. The van der Waals surface area contributed by atoms with Crippen LogP contribution in [0.5, 0.6) is 5.88 Å². The van der Waals surface area contributed by atoms with Gasteiger partial charge >= 0.3 is 5.97 Å². The lowest BCUT2D eigenvalue weighted by atomic mass is 9.64. The summed E-state index contributed by atoms with van der Waals surface area (Å²) in [6.45, 7) is 0.482. The number of pyridine rings is 1. The maximum absolute atomic E-state index is 10.4. The number of aliphatic hydroxyl groups is 1. The van der Waals surface area contributed by atoms with Crippen molar-refractivity contribution in [2.45, 2.75) is 43.9 Å². The van der Waals surface area contributed by atoms with E-state index in [1.165, 1.54) is 0 Å². The molecule has 1 aromatic heterocycles. The molecule has 6 heteroatoms. The Morgan fingerprint density at radius 3 is 3.04 bits per heavy atom. The second-order valence-electron chi connectivity index (χ2n) is 6.04. The molecule has 0 unspecified atom stereocenters. The number of aromatic nitrogens is 1. The number of aliphatic carboxylic acids is 1. The van der Waals surface area contributed by atoms with Gasteiger partial charge in [-0.05, 0) is 25.3 Å². The van der Waals surface area contributed by atoms with Crippen LogP contribution >= 0.6 is 0 Å². The summed E-state index contributed by atoms with van der Waals surface area (Å²) in [5.41, 5.74) is 0. The second kappa shape index (κ2) is 9.35. The van der Waals surface area contributed by atoms with Crippen LogP contribution in [0, 0.1) is 5.92 Å². The van der Waals surface area contributed by atoms with Crippen molar-refractivity contribution in [3.05, 3.63) is 36.5 Å². The molecule has 2 heterocycles. The third-order valence-electron chi connectivity index (χ3n) is 4.36. The van der Waals surface area contributed by atoms with Crippen LogP contribution in [0.4, 0.5) is 0 Å². The van der Waals surface area contributed by atoms with Crippen LogP contribution in [0.3, 0.4) is 0 Å². The van der Waals surface area contributed by atoms with Crippen molar-refractivity contribution < 1.29 is 19.7 Å². The second-order valence-corrected chi connectivity index (χ2v) is 6.04. The largest absolute Gasteiger partial charge is 0.481 e. The molecule has 23 heavy (non-hydrogen) atoms. The van der Waals surface area contributed by atoms with Gasteiger partial charge in [-0.1, -0.05) is 30.4 Å². The van der Waals surface area contributed by atoms with E-state index in [2.05, 4.69) is 11.1 Å². The predicted molar refractivity (Wildman–Crippen MR) is 90.2 cm³/mol. The number of hydrogen-bond acceptors (Lipinski definition) is 4. The zero-order chi connectivity index (χ0) is 16.5. The number of carboxylic acids is 1. The molecule has 0 radical (unpaired) electrons. The summed E-state index contributed by atoms with van der Waals surface area (Å²) >= 11 is 0. The Bertz CT molecular complexity index is 509. The van der Waals surface area contributed by atoms with Crippen molar-refractivity contribution in [1.82, 2.24) is 4.98 Å². The zero-order valence-electron chi connectivity index (χ0n) is 13.3. The number of ether oxygens (including phenoxy) is 1. The highest BCUT2D eigenvalue weighted by Gasteiger charge is 2.35. The standard InChI is InChI=1S/C17H24BNO4/c20-15-11-18-14(7-3-1-2-4-9-17(21)22)13(15)12-23-16-8-5-6-10-19-16/h1,3,5-6,8,10,13-15,18,20H,2,4,7,9,11-12H2,(H,21,22)/b3-1-/t13-,14-,15-/m1/s1. The monoisotopic (exact) mass is 317 g/mol. The van der Waals surface area contributed by atoms with Gasteiger partial charge in [-0.2, -0.15) is 0 Å². The van der Waals surface area contributed by atoms with E-state index in [1.807, 2.05) is 24.3 Å². The molecule has 1 aliphatic heterocycles. The van der Waals surface area contributed by atoms with Crippen LogP contribution in [0.2, 0.25) is 12.1 Å². The number of aliphatic hydroxyl groups excluding tert-OH is 1. The first-order valence-corrected chi connectivity index (χ1v) is 8.25. The van der Waals surface area contributed by atoms with Crippen molar-refractivity contribution >= 4 is 13.2 Å². The predicted octanol–water partition coefficient (Wildman–Crippen LogP) is 2.30. The number of unbranched alkanes of at least 4 members (excludes halogenated alkanes) is 1. The van der Waals surface area contributed by atoms with E-state index in [-0.39, 0.29) is 18.4 Å². The first-order valence-electron chi connectivity index (χ1n) is 8.25. The molecule has 5 nitrogen and oxygen atoms in total. The van der Waals surface area contributed by atoms with Crippen molar-refractivity contribution in [2.75, 3.05) is 6.61 Å². The molecule has 2 rings (SSSR count). The molecule has 0 saturated carbocycles. The normalized spacial score (nSPS) is 23.8. The number of carbonyl (C=O) groups is 1. The summed E-state index contributed by atoms with van der Waals surface area (Å²) in [4.78, 5) is 14.6. The van der Waals surface area contributed by atoms with Gasteiger partial charge in [0.05, 0.1) is 12.7 Å². The first kappa shape index (κ1) is 17.5. The van der Waals surface area contributed by atoms with Gasteiger partial charge in [0.25, 0.3) is 0 Å². The molecular weight excluding hydrogens is 293 g/mol. The van der Waals surface area contributed by atoms with E-state index in [0.29, 0.717) is 24.7 Å². The molecule has 1 aromatic rings. The van der Waals surface area contributed by atoms with Gasteiger partial charge in [0.15, 0.2) is 0 Å². The van der Waals surface area contributed by atoms with E-state index < -0.39 is 5.97 Å². The molecular formula is C17H24BNO4. The fourth-order valence-electron chi connectivity index (χ4n) is 3.04. The summed E-state index contributed by atoms with van der Waals surface area (Å²) in [6.07, 6.45) is 8.92. The molecule has 1 fully saturated rings. The fourth-order valence-corrected chi connectivity index (χ4v) is 3.04.